The van der Waals surface area contributed by atoms with Crippen LogP contribution in [0.1, 0.15) is 19.8 Å². The summed E-state index contributed by atoms with van der Waals surface area (Å²) in [5.41, 5.74) is 8.50. The van der Waals surface area contributed by atoms with Crippen LogP contribution in [-0.2, 0) is 9.59 Å². The first-order valence-electron chi connectivity index (χ1n) is 3.17. The Morgan fingerprint density at radius 3 is 2.18 bits per heavy atom. The Morgan fingerprint density at radius 1 is 1.45 bits per heavy atom. The normalized spacial score (nSPS) is 11.2. The molecule has 0 aliphatic heterocycles. The molecule has 0 aromatic carbocycles. The second-order valence-corrected chi connectivity index (χ2v) is 2.55. The van der Waals surface area contributed by atoms with Gasteiger partial charge in [-0.3, -0.25) is 0 Å². The van der Waals surface area contributed by atoms with Crippen molar-refractivity contribution in [3.63, 3.8) is 0 Å². The summed E-state index contributed by atoms with van der Waals surface area (Å²) in [6.45, 7) is 1.36. The highest BCUT2D eigenvalue weighted by molar-refractivity contribution is 5.80. The summed E-state index contributed by atoms with van der Waals surface area (Å²) in [6, 6.07) is 0. The van der Waals surface area contributed by atoms with Gasteiger partial charge in [0.05, 0.1) is 0 Å². The first-order valence-corrected chi connectivity index (χ1v) is 3.17. The van der Waals surface area contributed by atoms with E-state index >= 15 is 0 Å². The van der Waals surface area contributed by atoms with E-state index in [1.807, 2.05) is 0 Å². The van der Waals surface area contributed by atoms with Crippen LogP contribution >= 0.6 is 0 Å². The highest BCUT2D eigenvalue weighted by Gasteiger charge is 2.28. The van der Waals surface area contributed by atoms with E-state index in [4.69, 9.17) is 16.6 Å². The Kier molecular flexibility index (Phi) is 3.16. The van der Waals surface area contributed by atoms with Crippen LogP contribution in [0.3, 0.4) is 0 Å². The molecule has 0 radical (unpaired) electrons. The van der Waals surface area contributed by atoms with Crippen molar-refractivity contribution in [3.05, 3.63) is 0 Å². The van der Waals surface area contributed by atoms with Crippen LogP contribution in [0.25, 0.3) is 0 Å². The quantitative estimate of drug-likeness (QED) is 0.460. The van der Waals surface area contributed by atoms with Crippen molar-refractivity contribution >= 4 is 11.8 Å². The van der Waals surface area contributed by atoms with E-state index in [-0.39, 0.29) is 18.6 Å². The average molecular weight is 160 g/mol. The first kappa shape index (κ1) is 10.1. The first-order chi connectivity index (χ1) is 4.86. The van der Waals surface area contributed by atoms with Gasteiger partial charge in [0, 0.05) is 6.42 Å². The third kappa shape index (κ3) is 3.69. The third-order valence-corrected chi connectivity index (χ3v) is 1.29. The molecule has 0 aliphatic rings. The van der Waals surface area contributed by atoms with E-state index < -0.39 is 11.6 Å². The summed E-state index contributed by atoms with van der Waals surface area (Å²) in [4.78, 5) is 20.7. The Labute approximate surface area is 64.4 Å². The van der Waals surface area contributed by atoms with Crippen LogP contribution in [0.2, 0.25) is 0 Å². The van der Waals surface area contributed by atoms with Gasteiger partial charge in [0.2, 0.25) is 0 Å². The number of Topliss-reactive ketones (excluding diaryl/α,β-unsaturated/α-hetero) is 1. The lowest BCUT2D eigenvalue weighted by atomic mass is 10.1. The van der Waals surface area contributed by atoms with E-state index in [1.54, 1.807) is 0 Å². The van der Waals surface area contributed by atoms with E-state index in [1.165, 1.54) is 6.92 Å². The SMILES string of the molecule is CC(=O)CCC(N)(N)C(=O)O. The molecule has 0 aromatic rings. The van der Waals surface area contributed by atoms with Gasteiger partial charge in [-0.25, -0.2) is 4.79 Å². The van der Waals surface area contributed by atoms with Crippen molar-refractivity contribution < 1.29 is 14.7 Å². The Balaban J connectivity index is 3.92. The van der Waals surface area contributed by atoms with Crippen molar-refractivity contribution in [2.45, 2.75) is 25.4 Å². The second-order valence-electron chi connectivity index (χ2n) is 2.55. The fourth-order valence-corrected chi connectivity index (χ4v) is 0.490. The molecule has 0 unspecified atom stereocenters. The van der Waals surface area contributed by atoms with E-state index in [9.17, 15) is 9.59 Å². The van der Waals surface area contributed by atoms with Crippen LogP contribution in [0, 0.1) is 0 Å². The topological polar surface area (TPSA) is 106 Å². The molecule has 0 fully saturated rings. The number of ketones is 1. The van der Waals surface area contributed by atoms with Gasteiger partial charge in [-0.2, -0.15) is 0 Å². The van der Waals surface area contributed by atoms with Gasteiger partial charge >= 0.3 is 5.97 Å². The smallest absolute Gasteiger partial charge is 0.338 e. The minimum absolute atomic E-state index is 0.0301. The lowest BCUT2D eigenvalue weighted by Crippen LogP contribution is -2.56. The van der Waals surface area contributed by atoms with Crippen molar-refractivity contribution in [2.75, 3.05) is 0 Å². The Morgan fingerprint density at radius 2 is 1.91 bits per heavy atom. The largest absolute Gasteiger partial charge is 0.479 e. The number of carbonyl (C=O) groups is 2. The molecule has 0 rings (SSSR count). The summed E-state index contributed by atoms with van der Waals surface area (Å²) < 4.78 is 0. The van der Waals surface area contributed by atoms with Crippen molar-refractivity contribution in [1.29, 1.82) is 0 Å². The number of carboxylic acid groups (broad SMARTS) is 1. The van der Waals surface area contributed by atoms with Gasteiger partial charge in [-0.1, -0.05) is 0 Å². The summed E-state index contributed by atoms with van der Waals surface area (Å²) in [5.74, 6) is -1.41. The van der Waals surface area contributed by atoms with Gasteiger partial charge in [0.1, 0.15) is 5.78 Å². The van der Waals surface area contributed by atoms with E-state index in [0.29, 0.717) is 0 Å². The maximum absolute atomic E-state index is 10.4. The number of aliphatic carboxylic acids is 1. The number of rotatable bonds is 4. The lowest BCUT2D eigenvalue weighted by Gasteiger charge is -2.17. The zero-order valence-electron chi connectivity index (χ0n) is 6.33. The van der Waals surface area contributed by atoms with Crippen LogP contribution < -0.4 is 11.5 Å². The fourth-order valence-electron chi connectivity index (χ4n) is 0.490. The number of carbonyl (C=O) groups excluding carboxylic acids is 1. The summed E-state index contributed by atoms with van der Waals surface area (Å²) in [6.07, 6.45) is 0.0664. The van der Waals surface area contributed by atoms with Crippen LogP contribution in [0.5, 0.6) is 0 Å². The molecule has 0 atom stereocenters. The summed E-state index contributed by atoms with van der Waals surface area (Å²) in [7, 11) is 0. The molecule has 0 aliphatic carbocycles. The molecular formula is C6H12N2O3. The van der Waals surface area contributed by atoms with Crippen molar-refractivity contribution in [1.82, 2.24) is 0 Å². The average Bonchev–Trinajstić information content (AvgIpc) is 1.84. The monoisotopic (exact) mass is 160 g/mol. The lowest BCUT2D eigenvalue weighted by molar-refractivity contribution is -0.143. The second kappa shape index (κ2) is 3.45. The molecular weight excluding hydrogens is 148 g/mol. The van der Waals surface area contributed by atoms with Crippen LogP contribution in [0.15, 0.2) is 0 Å². The molecule has 0 aromatic heterocycles. The zero-order chi connectivity index (χ0) is 9.07. The highest BCUT2D eigenvalue weighted by atomic mass is 16.4. The van der Waals surface area contributed by atoms with Gasteiger partial charge in [0.15, 0.2) is 5.66 Å². The molecule has 0 saturated heterocycles. The summed E-state index contributed by atoms with van der Waals surface area (Å²) >= 11 is 0. The molecule has 0 heterocycles. The Hall–Kier alpha value is -0.940. The molecule has 0 spiro atoms. The molecule has 5 nitrogen and oxygen atoms in total. The van der Waals surface area contributed by atoms with Gasteiger partial charge in [-0.15, -0.1) is 0 Å². The molecule has 11 heavy (non-hydrogen) atoms. The number of hydrogen-bond donors (Lipinski definition) is 3. The van der Waals surface area contributed by atoms with Gasteiger partial charge in [-0.05, 0) is 13.3 Å². The number of carboxylic acids is 1. The standard InChI is InChI=1S/C6H12N2O3/c1-4(9)2-3-6(7,8)5(10)11/h2-3,7-8H2,1H3,(H,10,11). The van der Waals surface area contributed by atoms with Crippen molar-refractivity contribution in [2.24, 2.45) is 11.5 Å². The maximum Gasteiger partial charge on any atom is 0.338 e. The van der Waals surface area contributed by atoms with Gasteiger partial charge in [0.25, 0.3) is 0 Å². The third-order valence-electron chi connectivity index (χ3n) is 1.29. The predicted octanol–water partition coefficient (Wildman–Crippen LogP) is -0.946. The van der Waals surface area contributed by atoms with Crippen molar-refractivity contribution in [3.8, 4) is 0 Å². The predicted molar refractivity (Wildman–Crippen MR) is 38.7 cm³/mol. The molecule has 0 amide bonds. The molecule has 64 valence electrons. The number of hydrogen-bond acceptors (Lipinski definition) is 4. The molecule has 0 saturated carbocycles. The number of nitrogens with two attached hydrogens (primary N) is 2. The molecule has 5 N–H and O–H groups in total. The van der Waals surface area contributed by atoms with E-state index in [2.05, 4.69) is 0 Å². The fraction of sp³-hybridized carbons (Fsp3) is 0.667. The zero-order valence-corrected chi connectivity index (χ0v) is 6.33. The molecule has 5 heteroatoms. The minimum Gasteiger partial charge on any atom is -0.479 e. The van der Waals surface area contributed by atoms with Crippen LogP contribution in [-0.4, -0.2) is 22.5 Å². The van der Waals surface area contributed by atoms with Gasteiger partial charge < -0.3 is 21.4 Å². The Bertz CT molecular complexity index is 177. The maximum atomic E-state index is 10.4. The highest BCUT2D eigenvalue weighted by Crippen LogP contribution is 2.02. The molecule has 0 bridgehead atoms. The van der Waals surface area contributed by atoms with E-state index in [0.717, 1.165) is 0 Å². The van der Waals surface area contributed by atoms with Crippen LogP contribution in [0.4, 0.5) is 0 Å². The summed E-state index contributed by atoms with van der Waals surface area (Å²) in [5, 5.41) is 8.39. The minimum atomic E-state index is -1.77.